The molecule has 1 aromatic carbocycles. The molecule has 0 heterocycles. The Morgan fingerprint density at radius 3 is 2.75 bits per heavy atom. The van der Waals surface area contributed by atoms with Crippen molar-refractivity contribution in [2.45, 2.75) is 19.3 Å². The fourth-order valence-corrected chi connectivity index (χ4v) is 2.92. The second-order valence-corrected chi connectivity index (χ2v) is 5.89. The number of sulfonamides is 1. The number of benzene rings is 1. The van der Waals surface area contributed by atoms with Crippen LogP contribution in [0.25, 0.3) is 0 Å². The monoisotopic (exact) mass is 240 g/mol. The van der Waals surface area contributed by atoms with Gasteiger partial charge in [-0.2, -0.15) is 0 Å². The highest BCUT2D eigenvalue weighted by Crippen LogP contribution is 2.25. The summed E-state index contributed by atoms with van der Waals surface area (Å²) in [4.78, 5) is 0. The Labute approximate surface area is 95.9 Å². The highest BCUT2D eigenvalue weighted by Gasteiger charge is 2.13. The van der Waals surface area contributed by atoms with Gasteiger partial charge in [0.15, 0.2) is 0 Å². The van der Waals surface area contributed by atoms with E-state index in [-0.39, 0.29) is 12.3 Å². The summed E-state index contributed by atoms with van der Waals surface area (Å²) in [5.74, 6) is -0.0376. The maximum Gasteiger partial charge on any atom is 0.233 e. The molecule has 16 heavy (non-hydrogen) atoms. The van der Waals surface area contributed by atoms with Crippen molar-refractivity contribution in [2.24, 2.45) is 5.73 Å². The molecule has 4 nitrogen and oxygen atoms in total. The number of aryl methyl sites for hydroxylation is 2. The number of anilines is 1. The zero-order chi connectivity index (χ0) is 11.6. The first-order valence-corrected chi connectivity index (χ1v) is 7.08. The van der Waals surface area contributed by atoms with Crippen LogP contribution in [-0.2, 0) is 22.9 Å². The van der Waals surface area contributed by atoms with E-state index in [0.29, 0.717) is 5.69 Å². The Kier molecular flexibility index (Phi) is 3.16. The average Bonchev–Trinajstić information content (AvgIpc) is 2.63. The molecule has 0 fully saturated rings. The van der Waals surface area contributed by atoms with E-state index in [4.69, 9.17) is 5.73 Å². The summed E-state index contributed by atoms with van der Waals surface area (Å²) in [7, 11) is -3.28. The molecule has 0 aliphatic heterocycles. The molecule has 1 aromatic rings. The SMILES string of the molecule is NCCS(=O)(=O)Nc1ccc2c(c1)CCC2. The van der Waals surface area contributed by atoms with Crippen molar-refractivity contribution in [3.8, 4) is 0 Å². The lowest BCUT2D eigenvalue weighted by molar-refractivity contribution is 0.601. The Hall–Kier alpha value is -1.07. The molecule has 0 amide bonds. The van der Waals surface area contributed by atoms with E-state index in [0.717, 1.165) is 19.3 Å². The molecule has 3 N–H and O–H groups in total. The number of hydrogen-bond acceptors (Lipinski definition) is 3. The molecule has 5 heteroatoms. The van der Waals surface area contributed by atoms with Crippen LogP contribution in [0.2, 0.25) is 0 Å². The second kappa shape index (κ2) is 4.43. The van der Waals surface area contributed by atoms with Gasteiger partial charge in [-0.3, -0.25) is 4.72 Å². The predicted molar refractivity (Wildman–Crippen MR) is 64.9 cm³/mol. The summed E-state index contributed by atoms with van der Waals surface area (Å²) in [5, 5.41) is 0. The van der Waals surface area contributed by atoms with E-state index in [2.05, 4.69) is 4.72 Å². The first kappa shape index (κ1) is 11.4. The first-order chi connectivity index (χ1) is 7.61. The molecule has 0 saturated carbocycles. The van der Waals surface area contributed by atoms with Crippen molar-refractivity contribution < 1.29 is 8.42 Å². The zero-order valence-electron chi connectivity index (χ0n) is 9.07. The Balaban J connectivity index is 2.17. The fourth-order valence-electron chi connectivity index (χ4n) is 2.02. The third kappa shape index (κ3) is 2.54. The smallest absolute Gasteiger partial charge is 0.233 e. The van der Waals surface area contributed by atoms with Gasteiger partial charge >= 0.3 is 0 Å². The topological polar surface area (TPSA) is 72.2 Å². The van der Waals surface area contributed by atoms with E-state index in [1.165, 1.54) is 11.1 Å². The minimum absolute atomic E-state index is 0.0376. The van der Waals surface area contributed by atoms with Gasteiger partial charge in [0.1, 0.15) is 0 Å². The summed E-state index contributed by atoms with van der Waals surface area (Å²) in [6.07, 6.45) is 3.31. The second-order valence-electron chi connectivity index (χ2n) is 4.05. The van der Waals surface area contributed by atoms with Gasteiger partial charge in [0.05, 0.1) is 5.75 Å². The predicted octanol–water partition coefficient (Wildman–Crippen LogP) is 0.876. The van der Waals surface area contributed by atoms with Crippen molar-refractivity contribution in [3.63, 3.8) is 0 Å². The maximum absolute atomic E-state index is 11.5. The number of nitrogens with two attached hydrogens (primary N) is 1. The Morgan fingerprint density at radius 1 is 1.25 bits per heavy atom. The molecular formula is C11H16N2O2S. The van der Waals surface area contributed by atoms with E-state index in [1.807, 2.05) is 18.2 Å². The molecule has 88 valence electrons. The van der Waals surface area contributed by atoms with Gasteiger partial charge in [-0.15, -0.1) is 0 Å². The van der Waals surface area contributed by atoms with Gasteiger partial charge in [-0.25, -0.2) is 8.42 Å². The highest BCUT2D eigenvalue weighted by atomic mass is 32.2. The van der Waals surface area contributed by atoms with Crippen molar-refractivity contribution >= 4 is 15.7 Å². The largest absolute Gasteiger partial charge is 0.329 e. The fraction of sp³-hybridized carbons (Fsp3) is 0.455. The van der Waals surface area contributed by atoms with Crippen LogP contribution in [0.1, 0.15) is 17.5 Å². The molecule has 0 bridgehead atoms. The van der Waals surface area contributed by atoms with Gasteiger partial charge in [-0.05, 0) is 42.5 Å². The molecule has 2 rings (SSSR count). The molecule has 1 aliphatic carbocycles. The summed E-state index contributed by atoms with van der Waals surface area (Å²) in [6, 6.07) is 5.75. The zero-order valence-corrected chi connectivity index (χ0v) is 9.89. The van der Waals surface area contributed by atoms with Gasteiger partial charge < -0.3 is 5.73 Å². The summed E-state index contributed by atoms with van der Waals surface area (Å²) in [6.45, 7) is 0.139. The van der Waals surface area contributed by atoms with Gasteiger partial charge in [0.25, 0.3) is 0 Å². The number of hydrogen-bond donors (Lipinski definition) is 2. The summed E-state index contributed by atoms with van der Waals surface area (Å²) >= 11 is 0. The minimum atomic E-state index is -3.28. The van der Waals surface area contributed by atoms with E-state index in [9.17, 15) is 8.42 Å². The third-order valence-corrected chi connectivity index (χ3v) is 4.08. The van der Waals surface area contributed by atoms with Crippen LogP contribution >= 0.6 is 0 Å². The van der Waals surface area contributed by atoms with Crippen molar-refractivity contribution in [3.05, 3.63) is 29.3 Å². The van der Waals surface area contributed by atoms with Crippen LogP contribution in [0.15, 0.2) is 18.2 Å². The summed E-state index contributed by atoms with van der Waals surface area (Å²) in [5.41, 5.74) is 8.48. The molecule has 0 atom stereocenters. The van der Waals surface area contributed by atoms with Crippen LogP contribution < -0.4 is 10.5 Å². The molecular weight excluding hydrogens is 224 g/mol. The molecule has 0 aromatic heterocycles. The molecule has 0 saturated heterocycles. The van der Waals surface area contributed by atoms with Gasteiger partial charge in [-0.1, -0.05) is 6.07 Å². The van der Waals surface area contributed by atoms with Crippen molar-refractivity contribution in [1.82, 2.24) is 0 Å². The van der Waals surface area contributed by atoms with Crippen molar-refractivity contribution in [2.75, 3.05) is 17.0 Å². The number of rotatable bonds is 4. The van der Waals surface area contributed by atoms with Gasteiger partial charge in [0, 0.05) is 12.2 Å². The minimum Gasteiger partial charge on any atom is -0.329 e. The lowest BCUT2D eigenvalue weighted by atomic mass is 10.1. The number of fused-ring (bicyclic) bond motifs is 1. The van der Waals surface area contributed by atoms with Crippen LogP contribution in [-0.4, -0.2) is 20.7 Å². The Bertz CT molecular complexity index is 483. The van der Waals surface area contributed by atoms with Gasteiger partial charge in [0.2, 0.25) is 10.0 Å². The molecule has 0 spiro atoms. The van der Waals surface area contributed by atoms with E-state index >= 15 is 0 Å². The normalized spacial score (nSPS) is 14.8. The maximum atomic E-state index is 11.5. The summed E-state index contributed by atoms with van der Waals surface area (Å²) < 4.78 is 25.6. The quantitative estimate of drug-likeness (QED) is 0.820. The lowest BCUT2D eigenvalue weighted by Gasteiger charge is -2.08. The van der Waals surface area contributed by atoms with E-state index in [1.54, 1.807) is 0 Å². The third-order valence-electron chi connectivity index (χ3n) is 2.76. The van der Waals surface area contributed by atoms with Crippen molar-refractivity contribution in [1.29, 1.82) is 0 Å². The number of nitrogens with one attached hydrogen (secondary N) is 1. The lowest BCUT2D eigenvalue weighted by Crippen LogP contribution is -2.22. The van der Waals surface area contributed by atoms with Crippen LogP contribution in [0, 0.1) is 0 Å². The Morgan fingerprint density at radius 2 is 2.00 bits per heavy atom. The van der Waals surface area contributed by atoms with E-state index < -0.39 is 10.0 Å². The molecule has 0 radical (unpaired) electrons. The van der Waals surface area contributed by atoms with Crippen LogP contribution in [0.5, 0.6) is 0 Å². The standard InChI is InChI=1S/C11H16N2O2S/c12-6-7-16(14,15)13-11-5-4-9-2-1-3-10(9)8-11/h4-5,8,13H,1-3,6-7,12H2. The van der Waals surface area contributed by atoms with Crippen LogP contribution in [0.3, 0.4) is 0 Å². The highest BCUT2D eigenvalue weighted by molar-refractivity contribution is 7.92. The first-order valence-electron chi connectivity index (χ1n) is 5.43. The molecule has 1 aliphatic rings. The average molecular weight is 240 g/mol. The van der Waals surface area contributed by atoms with Crippen LogP contribution in [0.4, 0.5) is 5.69 Å². The molecule has 0 unspecified atom stereocenters.